The maximum absolute atomic E-state index is 9.90. The highest BCUT2D eigenvalue weighted by atomic mass is 16.9. The Morgan fingerprint density at radius 1 is 1.62 bits per heavy atom. The van der Waals surface area contributed by atoms with E-state index in [4.69, 9.17) is 0 Å². The van der Waals surface area contributed by atoms with Crippen LogP contribution in [-0.4, -0.2) is 6.16 Å². The molecule has 1 heterocycles. The summed E-state index contributed by atoms with van der Waals surface area (Å²) in [6.07, 6.45) is 1.91. The molecule has 3 nitrogen and oxygen atoms in total. The average Bonchev–Trinajstić information content (AvgIpc) is 1.64. The summed E-state index contributed by atoms with van der Waals surface area (Å²) in [6, 6.07) is 0. The molecule has 1 fully saturated rings. The first-order valence-electron chi connectivity index (χ1n) is 2.42. The van der Waals surface area contributed by atoms with Gasteiger partial charge in [-0.3, -0.25) is 0 Å². The van der Waals surface area contributed by atoms with E-state index in [0.29, 0.717) is 5.95 Å². The van der Waals surface area contributed by atoms with E-state index in [-0.39, 0.29) is 0 Å². The van der Waals surface area contributed by atoms with Crippen molar-refractivity contribution in [3.63, 3.8) is 0 Å². The SMILES string of the molecule is CCC=C1OC(=O)O1. The van der Waals surface area contributed by atoms with Crippen LogP contribution in [0.4, 0.5) is 4.79 Å². The zero-order valence-electron chi connectivity index (χ0n) is 4.51. The Kier molecular flexibility index (Phi) is 1.20. The van der Waals surface area contributed by atoms with Gasteiger partial charge in [0.1, 0.15) is 0 Å². The summed E-state index contributed by atoms with van der Waals surface area (Å²) < 4.78 is 8.76. The second-order valence-electron chi connectivity index (χ2n) is 1.39. The molecule has 1 rings (SSSR count). The lowest BCUT2D eigenvalue weighted by Gasteiger charge is -2.14. The molecule has 0 aliphatic carbocycles. The largest absolute Gasteiger partial charge is 0.524 e. The molecule has 44 valence electrons. The standard InChI is InChI=1S/C5H6O3/c1-2-3-4-7-5(6)8-4/h3H,2H2,1H3. The van der Waals surface area contributed by atoms with E-state index in [1.807, 2.05) is 6.92 Å². The van der Waals surface area contributed by atoms with Crippen molar-refractivity contribution in [3.8, 4) is 0 Å². The molecule has 0 saturated carbocycles. The minimum atomic E-state index is -0.607. The quantitative estimate of drug-likeness (QED) is 0.483. The molecule has 1 saturated heterocycles. The molecule has 0 aromatic rings. The molecule has 0 aromatic heterocycles. The predicted molar refractivity (Wildman–Crippen MR) is 25.9 cm³/mol. The van der Waals surface area contributed by atoms with Crippen LogP contribution in [0.25, 0.3) is 0 Å². The molecular formula is C5H6O3. The van der Waals surface area contributed by atoms with Crippen LogP contribution < -0.4 is 0 Å². The van der Waals surface area contributed by atoms with Crippen LogP contribution in [0.5, 0.6) is 0 Å². The fourth-order valence-corrected chi connectivity index (χ4v) is 0.422. The Morgan fingerprint density at radius 2 is 2.25 bits per heavy atom. The van der Waals surface area contributed by atoms with Crippen molar-refractivity contribution in [1.82, 2.24) is 0 Å². The molecule has 3 heteroatoms. The molecular weight excluding hydrogens is 108 g/mol. The zero-order valence-corrected chi connectivity index (χ0v) is 4.51. The van der Waals surface area contributed by atoms with E-state index < -0.39 is 6.16 Å². The fourth-order valence-electron chi connectivity index (χ4n) is 0.422. The third kappa shape index (κ3) is 0.804. The molecule has 0 radical (unpaired) electrons. The van der Waals surface area contributed by atoms with E-state index in [9.17, 15) is 4.79 Å². The third-order valence-electron chi connectivity index (χ3n) is 0.739. The number of cyclic esters (lactones) is 2. The molecule has 0 aromatic carbocycles. The van der Waals surface area contributed by atoms with E-state index in [0.717, 1.165) is 6.42 Å². The van der Waals surface area contributed by atoms with Crippen molar-refractivity contribution in [2.75, 3.05) is 0 Å². The zero-order chi connectivity index (χ0) is 5.98. The number of ether oxygens (including phenoxy) is 2. The normalized spacial score (nSPS) is 16.1. The van der Waals surface area contributed by atoms with E-state index >= 15 is 0 Å². The van der Waals surface area contributed by atoms with Crippen LogP contribution in [0.3, 0.4) is 0 Å². The molecule has 0 bridgehead atoms. The van der Waals surface area contributed by atoms with Gasteiger partial charge in [-0.05, 0) is 12.5 Å². The van der Waals surface area contributed by atoms with Crippen molar-refractivity contribution in [2.45, 2.75) is 13.3 Å². The summed E-state index contributed by atoms with van der Waals surface area (Å²) in [5, 5.41) is 0. The number of carbonyl (C=O) groups excluding carboxylic acids is 1. The van der Waals surface area contributed by atoms with Crippen LogP contribution in [0.15, 0.2) is 12.0 Å². The van der Waals surface area contributed by atoms with Crippen molar-refractivity contribution >= 4 is 6.16 Å². The van der Waals surface area contributed by atoms with E-state index in [2.05, 4.69) is 9.47 Å². The molecule has 0 unspecified atom stereocenters. The smallest absolute Gasteiger partial charge is 0.360 e. The minimum Gasteiger partial charge on any atom is -0.360 e. The first kappa shape index (κ1) is 5.15. The fraction of sp³-hybridized carbons (Fsp3) is 0.400. The van der Waals surface area contributed by atoms with Crippen LogP contribution in [0, 0.1) is 0 Å². The average molecular weight is 114 g/mol. The number of hydrogen-bond donors (Lipinski definition) is 0. The Labute approximate surface area is 46.9 Å². The van der Waals surface area contributed by atoms with Gasteiger partial charge >= 0.3 is 6.16 Å². The van der Waals surface area contributed by atoms with Crippen LogP contribution in [0.1, 0.15) is 13.3 Å². The summed E-state index contributed by atoms with van der Waals surface area (Å²) in [7, 11) is 0. The maximum atomic E-state index is 9.90. The summed E-state index contributed by atoms with van der Waals surface area (Å²) in [5.74, 6) is 0.331. The number of hydrogen-bond acceptors (Lipinski definition) is 3. The van der Waals surface area contributed by atoms with Gasteiger partial charge in [0.05, 0.1) is 0 Å². The van der Waals surface area contributed by atoms with Crippen molar-refractivity contribution < 1.29 is 14.3 Å². The van der Waals surface area contributed by atoms with Gasteiger partial charge in [-0.15, -0.1) is 0 Å². The van der Waals surface area contributed by atoms with E-state index in [1.54, 1.807) is 6.08 Å². The van der Waals surface area contributed by atoms with Crippen LogP contribution >= 0.6 is 0 Å². The van der Waals surface area contributed by atoms with Crippen molar-refractivity contribution in [1.29, 1.82) is 0 Å². The lowest BCUT2D eigenvalue weighted by molar-refractivity contribution is -0.0266. The van der Waals surface area contributed by atoms with Gasteiger partial charge in [0.25, 0.3) is 5.95 Å². The first-order chi connectivity index (χ1) is 3.83. The van der Waals surface area contributed by atoms with Gasteiger partial charge in [0.2, 0.25) is 0 Å². The van der Waals surface area contributed by atoms with Gasteiger partial charge in [-0.2, -0.15) is 0 Å². The number of rotatable bonds is 1. The van der Waals surface area contributed by atoms with Gasteiger partial charge in [-0.25, -0.2) is 4.79 Å². The predicted octanol–water partition coefficient (Wildman–Crippen LogP) is 1.40. The summed E-state index contributed by atoms with van der Waals surface area (Å²) in [4.78, 5) is 9.90. The molecule has 0 spiro atoms. The van der Waals surface area contributed by atoms with Gasteiger partial charge < -0.3 is 9.47 Å². The molecule has 1 aliphatic heterocycles. The lowest BCUT2D eigenvalue weighted by Crippen LogP contribution is -2.19. The van der Waals surface area contributed by atoms with Crippen LogP contribution in [0.2, 0.25) is 0 Å². The van der Waals surface area contributed by atoms with Crippen molar-refractivity contribution in [2.24, 2.45) is 0 Å². The highest BCUT2D eigenvalue weighted by Gasteiger charge is 2.22. The van der Waals surface area contributed by atoms with Gasteiger partial charge in [0, 0.05) is 0 Å². The summed E-state index contributed by atoms with van der Waals surface area (Å²) in [5.41, 5.74) is 0. The van der Waals surface area contributed by atoms with Gasteiger partial charge in [0.15, 0.2) is 0 Å². The second-order valence-corrected chi connectivity index (χ2v) is 1.39. The Bertz CT molecular complexity index is 127. The molecule has 0 N–H and O–H groups in total. The molecule has 0 amide bonds. The topological polar surface area (TPSA) is 35.5 Å². The van der Waals surface area contributed by atoms with Crippen molar-refractivity contribution in [3.05, 3.63) is 12.0 Å². The molecule has 8 heavy (non-hydrogen) atoms. The highest BCUT2D eigenvalue weighted by molar-refractivity contribution is 5.67. The number of carbonyl (C=O) groups is 1. The summed E-state index contributed by atoms with van der Waals surface area (Å²) in [6.45, 7) is 1.93. The Hall–Kier alpha value is -0.990. The monoisotopic (exact) mass is 114 g/mol. The summed E-state index contributed by atoms with van der Waals surface area (Å²) >= 11 is 0. The first-order valence-corrected chi connectivity index (χ1v) is 2.42. The Morgan fingerprint density at radius 3 is 2.62 bits per heavy atom. The molecule has 0 atom stereocenters. The number of allylic oxidation sites excluding steroid dienone is 1. The van der Waals surface area contributed by atoms with E-state index in [1.165, 1.54) is 0 Å². The lowest BCUT2D eigenvalue weighted by atomic mass is 10.5. The molecule has 1 aliphatic rings. The minimum absolute atomic E-state index is 0.331. The third-order valence-corrected chi connectivity index (χ3v) is 0.739. The maximum Gasteiger partial charge on any atom is 0.524 e. The second kappa shape index (κ2) is 1.86. The Balaban J connectivity index is 2.34. The highest BCUT2D eigenvalue weighted by Crippen LogP contribution is 2.14. The van der Waals surface area contributed by atoms with Gasteiger partial charge in [-0.1, -0.05) is 6.92 Å². The van der Waals surface area contributed by atoms with Crippen LogP contribution in [-0.2, 0) is 9.47 Å².